The van der Waals surface area contributed by atoms with Crippen LogP contribution < -0.4 is 4.90 Å². The van der Waals surface area contributed by atoms with E-state index < -0.39 is 0 Å². The topological polar surface area (TPSA) is 3.24 Å². The van der Waals surface area contributed by atoms with Crippen LogP contribution in [0, 0.1) is 6.92 Å². The molecule has 0 aliphatic carbocycles. The summed E-state index contributed by atoms with van der Waals surface area (Å²) >= 11 is 0. The van der Waals surface area contributed by atoms with Crippen LogP contribution in [0.5, 0.6) is 0 Å². The largest absolute Gasteiger partial charge is 0.310 e. The Hall–Kier alpha value is -3.06. The Kier molecular flexibility index (Phi) is 4.62. The van der Waals surface area contributed by atoms with Crippen molar-refractivity contribution in [1.82, 2.24) is 0 Å². The molecule has 3 aromatic rings. The van der Waals surface area contributed by atoms with Crippen LogP contribution >= 0.6 is 0 Å². The molecule has 0 N–H and O–H groups in total. The number of hydrogen-bond donors (Lipinski definition) is 0. The molecule has 1 nitrogen and oxygen atoms in total. The van der Waals surface area contributed by atoms with Crippen LogP contribution in [-0.4, -0.2) is 0 Å². The first kappa shape index (κ1) is 15.8. The third-order valence-electron chi connectivity index (χ3n) is 4.01. The first-order chi connectivity index (χ1) is 11.7. The van der Waals surface area contributed by atoms with Gasteiger partial charge in [0.1, 0.15) is 0 Å². The molecule has 0 aliphatic heterocycles. The van der Waals surface area contributed by atoms with Crippen molar-refractivity contribution in [2.24, 2.45) is 0 Å². The number of fused-ring (bicyclic) bond motifs is 1. The molecular formula is C23H21N. The van der Waals surface area contributed by atoms with E-state index in [1.165, 1.54) is 16.3 Å². The van der Waals surface area contributed by atoms with Crippen molar-refractivity contribution in [2.45, 2.75) is 6.92 Å². The smallest absolute Gasteiger partial charge is 0.0468 e. The van der Waals surface area contributed by atoms with E-state index in [4.69, 9.17) is 0 Å². The van der Waals surface area contributed by atoms with Crippen LogP contribution in [0.3, 0.4) is 0 Å². The number of anilines is 2. The molecule has 0 radical (unpaired) electrons. The van der Waals surface area contributed by atoms with Crippen molar-refractivity contribution in [3.8, 4) is 0 Å². The maximum Gasteiger partial charge on any atom is 0.0468 e. The molecule has 0 unspecified atom stereocenters. The predicted molar refractivity (Wildman–Crippen MR) is 106 cm³/mol. The molecule has 1 heteroatoms. The zero-order valence-electron chi connectivity index (χ0n) is 13.9. The second kappa shape index (κ2) is 7.01. The van der Waals surface area contributed by atoms with Gasteiger partial charge in [-0.3, -0.25) is 0 Å². The molecule has 0 aromatic heterocycles. The fourth-order valence-electron chi connectivity index (χ4n) is 2.88. The van der Waals surface area contributed by atoms with Gasteiger partial charge in [-0.15, -0.1) is 0 Å². The summed E-state index contributed by atoms with van der Waals surface area (Å²) in [5.41, 5.74) is 4.43. The number of allylic oxidation sites excluding steroid dienone is 3. The Bertz CT molecular complexity index is 918. The highest BCUT2D eigenvalue weighted by Crippen LogP contribution is 2.33. The summed E-state index contributed by atoms with van der Waals surface area (Å²) in [4.78, 5) is 2.20. The Morgan fingerprint density at radius 1 is 0.833 bits per heavy atom. The lowest BCUT2D eigenvalue weighted by Gasteiger charge is -2.26. The van der Waals surface area contributed by atoms with Gasteiger partial charge in [-0.1, -0.05) is 61.7 Å². The van der Waals surface area contributed by atoms with Crippen LogP contribution in [-0.2, 0) is 0 Å². The summed E-state index contributed by atoms with van der Waals surface area (Å²) in [6, 6.07) is 23.4. The Labute approximate surface area is 143 Å². The summed E-state index contributed by atoms with van der Waals surface area (Å²) in [5, 5.41) is 2.45. The Morgan fingerprint density at radius 3 is 2.29 bits per heavy atom. The average molecular weight is 311 g/mol. The fourth-order valence-corrected chi connectivity index (χ4v) is 2.88. The molecule has 118 valence electrons. The second-order valence-electron chi connectivity index (χ2n) is 5.74. The highest BCUT2D eigenvalue weighted by molar-refractivity contribution is 5.87. The summed E-state index contributed by atoms with van der Waals surface area (Å²) < 4.78 is 0. The molecule has 24 heavy (non-hydrogen) atoms. The van der Waals surface area contributed by atoms with Gasteiger partial charge in [0, 0.05) is 17.1 Å². The number of hydrogen-bond acceptors (Lipinski definition) is 1. The number of aryl methyl sites for hydroxylation is 1. The Morgan fingerprint density at radius 2 is 1.58 bits per heavy atom. The zero-order valence-corrected chi connectivity index (χ0v) is 13.9. The highest BCUT2D eigenvalue weighted by atomic mass is 15.1. The molecule has 0 fully saturated rings. The van der Waals surface area contributed by atoms with Crippen molar-refractivity contribution in [2.75, 3.05) is 4.90 Å². The normalized spacial score (nSPS) is 11.3. The van der Waals surface area contributed by atoms with Gasteiger partial charge in [-0.2, -0.15) is 0 Å². The molecule has 0 bridgehead atoms. The lowest BCUT2D eigenvalue weighted by molar-refractivity contribution is 1.21. The molecule has 3 aromatic carbocycles. The minimum Gasteiger partial charge on any atom is -0.310 e. The molecule has 0 saturated carbocycles. The maximum atomic E-state index is 3.98. The van der Waals surface area contributed by atoms with Crippen molar-refractivity contribution < 1.29 is 0 Å². The molecule has 0 spiro atoms. The van der Waals surface area contributed by atoms with Crippen LogP contribution in [0.25, 0.3) is 10.8 Å². The third-order valence-corrected chi connectivity index (χ3v) is 4.01. The zero-order chi connectivity index (χ0) is 16.9. The van der Waals surface area contributed by atoms with E-state index in [-0.39, 0.29) is 0 Å². The highest BCUT2D eigenvalue weighted by Gasteiger charge is 2.13. The molecule has 0 saturated heterocycles. The van der Waals surface area contributed by atoms with E-state index in [2.05, 4.69) is 91.7 Å². The second-order valence-corrected chi connectivity index (χ2v) is 5.74. The van der Waals surface area contributed by atoms with E-state index in [1.807, 2.05) is 12.2 Å². The van der Waals surface area contributed by atoms with Gasteiger partial charge in [-0.05, 0) is 59.7 Å². The lowest BCUT2D eigenvalue weighted by Crippen LogP contribution is -2.15. The summed E-state index contributed by atoms with van der Waals surface area (Å²) in [7, 11) is 0. The van der Waals surface area contributed by atoms with Crippen LogP contribution in [0.15, 0.2) is 104 Å². The maximum absolute atomic E-state index is 3.98. The summed E-state index contributed by atoms with van der Waals surface area (Å²) in [5.74, 6) is 0. The number of rotatable bonds is 5. The van der Waals surface area contributed by atoms with Gasteiger partial charge in [0.15, 0.2) is 0 Å². The van der Waals surface area contributed by atoms with Crippen LogP contribution in [0.4, 0.5) is 11.4 Å². The van der Waals surface area contributed by atoms with E-state index >= 15 is 0 Å². The first-order valence-corrected chi connectivity index (χ1v) is 8.03. The minimum atomic E-state index is 0.992. The number of benzene rings is 3. The molecule has 0 atom stereocenters. The standard InChI is InChI=1S/C23H21N/c1-4-9-21(5-2)24(22-13-8-10-18(3)16-22)23-15-14-19-11-6-7-12-20(19)17-23/h4-17H,1-2H2,3H3/b21-9+. The fraction of sp³-hybridized carbons (Fsp3) is 0.0435. The molecule has 3 rings (SSSR count). The SMILES string of the molecule is C=C/C=C(\C=C)N(c1cccc(C)c1)c1ccc2ccccc2c1. The summed E-state index contributed by atoms with van der Waals surface area (Å²) in [6.07, 6.45) is 5.63. The van der Waals surface area contributed by atoms with E-state index in [0.29, 0.717) is 0 Å². The monoisotopic (exact) mass is 311 g/mol. The van der Waals surface area contributed by atoms with Crippen LogP contribution in [0.1, 0.15) is 5.56 Å². The van der Waals surface area contributed by atoms with Crippen LogP contribution in [0.2, 0.25) is 0 Å². The molecule has 0 amide bonds. The number of nitrogens with zero attached hydrogens (tertiary/aromatic N) is 1. The first-order valence-electron chi connectivity index (χ1n) is 8.03. The lowest BCUT2D eigenvalue weighted by atomic mass is 10.1. The Balaban J connectivity index is 2.20. The predicted octanol–water partition coefficient (Wildman–Crippen LogP) is 6.54. The molecule has 0 heterocycles. The van der Waals surface area contributed by atoms with Gasteiger partial charge in [0.25, 0.3) is 0 Å². The van der Waals surface area contributed by atoms with Crippen molar-refractivity contribution in [1.29, 1.82) is 0 Å². The van der Waals surface area contributed by atoms with Crippen molar-refractivity contribution >= 4 is 22.1 Å². The molecular weight excluding hydrogens is 290 g/mol. The van der Waals surface area contributed by atoms with Gasteiger partial charge < -0.3 is 4.90 Å². The minimum absolute atomic E-state index is 0.992. The van der Waals surface area contributed by atoms with Crippen molar-refractivity contribution in [3.05, 3.63) is 109 Å². The van der Waals surface area contributed by atoms with Crippen molar-refractivity contribution in [3.63, 3.8) is 0 Å². The van der Waals surface area contributed by atoms with Gasteiger partial charge in [-0.25, -0.2) is 0 Å². The quantitative estimate of drug-likeness (QED) is 0.483. The van der Waals surface area contributed by atoms with Gasteiger partial charge in [0.2, 0.25) is 0 Å². The molecule has 0 aliphatic rings. The van der Waals surface area contributed by atoms with Gasteiger partial charge >= 0.3 is 0 Å². The van der Waals surface area contributed by atoms with E-state index in [9.17, 15) is 0 Å². The van der Waals surface area contributed by atoms with E-state index in [0.717, 1.165) is 17.1 Å². The summed E-state index contributed by atoms with van der Waals surface area (Å²) in [6.45, 7) is 9.92. The average Bonchev–Trinajstić information content (AvgIpc) is 2.61. The third kappa shape index (κ3) is 3.16. The van der Waals surface area contributed by atoms with E-state index in [1.54, 1.807) is 6.08 Å². The van der Waals surface area contributed by atoms with Gasteiger partial charge in [0.05, 0.1) is 0 Å².